The molecule has 0 aromatic rings. The molecule has 0 saturated heterocycles. The van der Waals surface area contributed by atoms with Crippen LogP contribution in [0.2, 0.25) is 0 Å². The number of hydrogen-bond donors (Lipinski definition) is 4. The Labute approximate surface area is 383 Å². The fourth-order valence-corrected chi connectivity index (χ4v) is 9.31. The molecule has 61 heavy (non-hydrogen) atoms. The summed E-state index contributed by atoms with van der Waals surface area (Å²) in [5.74, 6) is -0.463. The number of aliphatic hydroxyl groups is 3. The van der Waals surface area contributed by atoms with Crippen LogP contribution in [0.5, 0.6) is 0 Å². The number of unbranched alkanes of at least 4 members (excludes halogenated alkanes) is 45. The van der Waals surface area contributed by atoms with Gasteiger partial charge in [0.15, 0.2) is 0 Å². The molecule has 0 bridgehead atoms. The molecule has 0 aromatic carbocycles. The molecule has 0 aliphatic heterocycles. The van der Waals surface area contributed by atoms with Crippen LogP contribution in [-0.4, -0.2) is 46.1 Å². The topological polar surface area (TPSA) is 89.8 Å². The van der Waals surface area contributed by atoms with Crippen molar-refractivity contribution in [3.05, 3.63) is 0 Å². The van der Waals surface area contributed by atoms with Crippen molar-refractivity contribution in [3.63, 3.8) is 0 Å². The quantitative estimate of drug-likeness (QED) is 0.0459. The van der Waals surface area contributed by atoms with E-state index in [9.17, 15) is 20.1 Å². The normalized spacial score (nSPS) is 13.2. The van der Waals surface area contributed by atoms with Crippen LogP contribution in [0.15, 0.2) is 0 Å². The molecule has 5 nitrogen and oxygen atoms in total. The molecule has 4 N–H and O–H groups in total. The summed E-state index contributed by atoms with van der Waals surface area (Å²) in [5, 5.41) is 33.4. The Kier molecular flexibility index (Phi) is 51.4. The number of hydrogen-bond acceptors (Lipinski definition) is 4. The number of rotatable bonds is 53. The summed E-state index contributed by atoms with van der Waals surface area (Å²) < 4.78 is 0. The van der Waals surface area contributed by atoms with E-state index < -0.39 is 24.2 Å². The van der Waals surface area contributed by atoms with Crippen molar-refractivity contribution >= 4 is 5.91 Å². The van der Waals surface area contributed by atoms with Crippen LogP contribution in [0.3, 0.4) is 0 Å². The lowest BCUT2D eigenvalue weighted by molar-refractivity contribution is -0.131. The van der Waals surface area contributed by atoms with E-state index in [0.29, 0.717) is 12.8 Å². The standard InChI is InChI=1S/C56H113NO4/c1-3-5-7-9-11-13-15-17-18-19-20-21-22-23-24-25-26-27-28-29-30-31-32-33-34-35-36-37-39-41-43-45-47-49-51-55(60)56(61)57-53(52-58)54(59)50-48-46-44-42-40-38-16-14-12-10-8-6-4-2/h53-55,58-60H,3-52H2,1-2H3,(H,57,61). The molecule has 0 aromatic heterocycles. The predicted octanol–water partition coefficient (Wildman–Crippen LogP) is 17.3. The smallest absolute Gasteiger partial charge is 0.249 e. The summed E-state index contributed by atoms with van der Waals surface area (Å²) in [6.07, 6.45) is 63.1. The van der Waals surface area contributed by atoms with Gasteiger partial charge in [-0.3, -0.25) is 4.79 Å². The van der Waals surface area contributed by atoms with E-state index in [-0.39, 0.29) is 6.61 Å². The number of carbonyl (C=O) groups is 1. The highest BCUT2D eigenvalue weighted by atomic mass is 16.3. The van der Waals surface area contributed by atoms with E-state index in [1.54, 1.807) is 0 Å². The van der Waals surface area contributed by atoms with Gasteiger partial charge in [-0.2, -0.15) is 0 Å². The molecule has 0 radical (unpaired) electrons. The molecule has 366 valence electrons. The van der Waals surface area contributed by atoms with Gasteiger partial charge in [-0.1, -0.05) is 316 Å². The lowest BCUT2D eigenvalue weighted by Crippen LogP contribution is -2.49. The predicted molar refractivity (Wildman–Crippen MR) is 269 cm³/mol. The second-order valence-corrected chi connectivity index (χ2v) is 19.9. The molecule has 0 saturated carbocycles. The zero-order valence-electron chi connectivity index (χ0n) is 41.8. The molecule has 0 heterocycles. The van der Waals surface area contributed by atoms with Gasteiger partial charge in [0.1, 0.15) is 6.10 Å². The highest BCUT2D eigenvalue weighted by Crippen LogP contribution is 2.19. The zero-order valence-corrected chi connectivity index (χ0v) is 41.8. The number of nitrogens with one attached hydrogen (secondary N) is 1. The molecular formula is C56H113NO4. The molecule has 1 amide bonds. The Balaban J connectivity index is 3.41. The second-order valence-electron chi connectivity index (χ2n) is 19.9. The largest absolute Gasteiger partial charge is 0.394 e. The van der Waals surface area contributed by atoms with Gasteiger partial charge in [0, 0.05) is 0 Å². The van der Waals surface area contributed by atoms with E-state index in [1.807, 2.05) is 0 Å². The third-order valence-corrected chi connectivity index (χ3v) is 13.7. The third-order valence-electron chi connectivity index (χ3n) is 13.7. The van der Waals surface area contributed by atoms with Crippen molar-refractivity contribution in [1.29, 1.82) is 0 Å². The van der Waals surface area contributed by atoms with E-state index in [4.69, 9.17) is 0 Å². The highest BCUT2D eigenvalue weighted by molar-refractivity contribution is 5.80. The number of carbonyl (C=O) groups excluding carboxylic acids is 1. The molecule has 3 atom stereocenters. The molecule has 0 aliphatic carbocycles. The minimum Gasteiger partial charge on any atom is -0.394 e. The summed E-state index contributed by atoms with van der Waals surface area (Å²) in [7, 11) is 0. The fourth-order valence-electron chi connectivity index (χ4n) is 9.31. The van der Waals surface area contributed by atoms with Gasteiger partial charge in [-0.05, 0) is 12.8 Å². The maximum atomic E-state index is 12.5. The number of aliphatic hydroxyl groups excluding tert-OH is 3. The van der Waals surface area contributed by atoms with Gasteiger partial charge in [0.2, 0.25) is 5.91 Å². The maximum absolute atomic E-state index is 12.5. The van der Waals surface area contributed by atoms with Crippen LogP contribution >= 0.6 is 0 Å². The van der Waals surface area contributed by atoms with E-state index in [1.165, 1.54) is 270 Å². The Morgan fingerprint density at radius 3 is 0.738 bits per heavy atom. The molecule has 0 spiro atoms. The van der Waals surface area contributed by atoms with Gasteiger partial charge in [0.05, 0.1) is 18.8 Å². The number of amides is 1. The zero-order chi connectivity index (χ0) is 44.4. The Morgan fingerprint density at radius 2 is 0.525 bits per heavy atom. The first-order valence-corrected chi connectivity index (χ1v) is 28.3. The van der Waals surface area contributed by atoms with Crippen LogP contribution in [0.4, 0.5) is 0 Å². The van der Waals surface area contributed by atoms with Gasteiger partial charge in [0.25, 0.3) is 0 Å². The Hall–Kier alpha value is -0.650. The van der Waals surface area contributed by atoms with Gasteiger partial charge >= 0.3 is 0 Å². The van der Waals surface area contributed by atoms with E-state index >= 15 is 0 Å². The Morgan fingerprint density at radius 1 is 0.328 bits per heavy atom. The van der Waals surface area contributed by atoms with Crippen LogP contribution in [-0.2, 0) is 4.79 Å². The second kappa shape index (κ2) is 52.0. The van der Waals surface area contributed by atoms with E-state index in [0.717, 1.165) is 32.1 Å². The Bertz CT molecular complexity index is 822. The van der Waals surface area contributed by atoms with Gasteiger partial charge < -0.3 is 20.6 Å². The van der Waals surface area contributed by atoms with Crippen LogP contribution in [0.1, 0.15) is 328 Å². The first kappa shape index (κ1) is 60.4. The summed E-state index contributed by atoms with van der Waals surface area (Å²) in [6, 6.07) is -0.706. The van der Waals surface area contributed by atoms with Crippen LogP contribution < -0.4 is 5.32 Å². The molecular weight excluding hydrogens is 751 g/mol. The molecule has 0 rings (SSSR count). The van der Waals surface area contributed by atoms with Crippen LogP contribution in [0, 0.1) is 0 Å². The lowest BCUT2D eigenvalue weighted by Gasteiger charge is -2.23. The lowest BCUT2D eigenvalue weighted by atomic mass is 10.0. The van der Waals surface area contributed by atoms with Gasteiger partial charge in [-0.25, -0.2) is 0 Å². The minimum absolute atomic E-state index is 0.308. The molecule has 0 fully saturated rings. The monoisotopic (exact) mass is 864 g/mol. The van der Waals surface area contributed by atoms with Crippen molar-refractivity contribution in [2.45, 2.75) is 347 Å². The average Bonchev–Trinajstić information content (AvgIpc) is 3.26. The van der Waals surface area contributed by atoms with Crippen molar-refractivity contribution in [1.82, 2.24) is 5.32 Å². The third kappa shape index (κ3) is 47.1. The summed E-state index contributed by atoms with van der Waals surface area (Å²) in [4.78, 5) is 12.5. The van der Waals surface area contributed by atoms with Crippen molar-refractivity contribution in [3.8, 4) is 0 Å². The van der Waals surface area contributed by atoms with Crippen molar-refractivity contribution < 1.29 is 20.1 Å². The highest BCUT2D eigenvalue weighted by Gasteiger charge is 2.23. The minimum atomic E-state index is -1.07. The molecule has 5 heteroatoms. The summed E-state index contributed by atoms with van der Waals surface area (Å²) in [5.41, 5.74) is 0. The fraction of sp³-hybridized carbons (Fsp3) is 0.982. The van der Waals surface area contributed by atoms with Gasteiger partial charge in [-0.15, -0.1) is 0 Å². The molecule has 0 aliphatic rings. The van der Waals surface area contributed by atoms with E-state index in [2.05, 4.69) is 19.2 Å². The van der Waals surface area contributed by atoms with Crippen molar-refractivity contribution in [2.75, 3.05) is 6.61 Å². The SMILES string of the molecule is CCCCCCCCCCCCCCCCCCCCCCCCCCCCCCCCCCCCC(O)C(=O)NC(CO)C(O)CCCCCCCCCCCCCCC. The summed E-state index contributed by atoms with van der Waals surface area (Å²) in [6.45, 7) is 4.26. The average molecular weight is 865 g/mol. The maximum Gasteiger partial charge on any atom is 0.249 e. The first-order chi connectivity index (χ1) is 30.1. The summed E-state index contributed by atoms with van der Waals surface area (Å²) >= 11 is 0. The molecule has 3 unspecified atom stereocenters. The van der Waals surface area contributed by atoms with Crippen molar-refractivity contribution in [2.24, 2.45) is 0 Å². The van der Waals surface area contributed by atoms with Crippen LogP contribution in [0.25, 0.3) is 0 Å². The first-order valence-electron chi connectivity index (χ1n) is 28.3.